The summed E-state index contributed by atoms with van der Waals surface area (Å²) in [6.07, 6.45) is -1.42. The van der Waals surface area contributed by atoms with E-state index >= 15 is 0 Å². The summed E-state index contributed by atoms with van der Waals surface area (Å²) in [5.74, 6) is -0.463. The largest absolute Gasteiger partial charge is 0.493 e. The molecule has 0 saturated heterocycles. The summed E-state index contributed by atoms with van der Waals surface area (Å²) >= 11 is 0. The minimum absolute atomic E-state index is 0.173. The highest BCUT2D eigenvalue weighted by atomic mass is 19.3. The molecular formula is C25H26F2N2O5. The second-order valence-corrected chi connectivity index (χ2v) is 8.03. The molecule has 2 aromatic rings. The first-order valence-electron chi connectivity index (χ1n) is 10.9. The van der Waals surface area contributed by atoms with Crippen molar-refractivity contribution in [2.24, 2.45) is 0 Å². The molecule has 180 valence electrons. The zero-order valence-corrected chi connectivity index (χ0v) is 18.9. The Balaban J connectivity index is 1.86. The molecule has 1 aliphatic carbocycles. The summed E-state index contributed by atoms with van der Waals surface area (Å²) in [5, 5.41) is 12.0. The van der Waals surface area contributed by atoms with Crippen molar-refractivity contribution in [3.8, 4) is 17.6 Å². The normalized spacial score (nSPS) is 19.7. The molecular weight excluding hydrogens is 446 g/mol. The van der Waals surface area contributed by atoms with Gasteiger partial charge in [-0.25, -0.2) is 8.78 Å². The first-order valence-corrected chi connectivity index (χ1v) is 10.9. The van der Waals surface area contributed by atoms with E-state index in [1.54, 1.807) is 42.5 Å². The number of benzene rings is 2. The quantitative estimate of drug-likeness (QED) is 0.578. The van der Waals surface area contributed by atoms with Crippen LogP contribution in [0, 0.1) is 11.3 Å². The number of amides is 1. The third kappa shape index (κ3) is 6.44. The van der Waals surface area contributed by atoms with Crippen LogP contribution in [0.2, 0.25) is 0 Å². The lowest BCUT2D eigenvalue weighted by molar-refractivity contribution is -0.148. The summed E-state index contributed by atoms with van der Waals surface area (Å²) in [6, 6.07) is 13.1. The molecule has 0 aliphatic heterocycles. The molecule has 2 aromatic carbocycles. The van der Waals surface area contributed by atoms with Crippen molar-refractivity contribution in [2.45, 2.75) is 50.7 Å². The number of nitrogens with one attached hydrogen (secondary N) is 1. The van der Waals surface area contributed by atoms with E-state index < -0.39 is 13.0 Å². The molecule has 1 fully saturated rings. The van der Waals surface area contributed by atoms with Gasteiger partial charge >= 0.3 is 5.97 Å². The van der Waals surface area contributed by atoms with E-state index in [1.165, 1.54) is 14.0 Å². The number of nitrogens with zero attached hydrogens (tertiary/aromatic N) is 1. The van der Waals surface area contributed by atoms with Crippen LogP contribution in [0.5, 0.6) is 11.5 Å². The fourth-order valence-electron chi connectivity index (χ4n) is 4.15. The monoisotopic (exact) mass is 472 g/mol. The third-order valence-corrected chi connectivity index (χ3v) is 5.71. The number of esters is 1. The summed E-state index contributed by atoms with van der Waals surface area (Å²) in [7, 11) is 1.42. The first-order chi connectivity index (χ1) is 16.3. The van der Waals surface area contributed by atoms with Crippen molar-refractivity contribution in [1.82, 2.24) is 5.32 Å². The highest BCUT2D eigenvalue weighted by Crippen LogP contribution is 2.39. The zero-order valence-electron chi connectivity index (χ0n) is 18.9. The van der Waals surface area contributed by atoms with Crippen LogP contribution in [0.15, 0.2) is 42.5 Å². The molecule has 1 aliphatic rings. The molecule has 3 rings (SSSR count). The highest BCUT2D eigenvalue weighted by molar-refractivity contribution is 5.94. The summed E-state index contributed by atoms with van der Waals surface area (Å²) in [5.41, 5.74) is 1.61. The third-order valence-electron chi connectivity index (χ3n) is 5.71. The van der Waals surface area contributed by atoms with Crippen LogP contribution in [0.1, 0.15) is 53.6 Å². The average molecular weight is 472 g/mol. The van der Waals surface area contributed by atoms with E-state index in [4.69, 9.17) is 19.5 Å². The molecule has 0 spiro atoms. The average Bonchev–Trinajstić information content (AvgIpc) is 2.83. The number of hydrogen-bond donors (Lipinski definition) is 1. The Morgan fingerprint density at radius 3 is 2.50 bits per heavy atom. The van der Waals surface area contributed by atoms with Gasteiger partial charge in [0.25, 0.3) is 12.3 Å². The van der Waals surface area contributed by atoms with Gasteiger partial charge in [-0.2, -0.15) is 5.26 Å². The number of alkyl halides is 2. The van der Waals surface area contributed by atoms with E-state index in [0.29, 0.717) is 36.1 Å². The van der Waals surface area contributed by atoms with Gasteiger partial charge in [0.2, 0.25) is 0 Å². The number of nitriles is 1. The number of rotatable bonds is 8. The number of carbonyl (C=O) groups excluding carboxylic acids is 2. The van der Waals surface area contributed by atoms with Crippen molar-refractivity contribution in [3.63, 3.8) is 0 Å². The number of carbonyl (C=O) groups is 2. The van der Waals surface area contributed by atoms with E-state index in [-0.39, 0.29) is 35.7 Å². The van der Waals surface area contributed by atoms with Gasteiger partial charge in [0.05, 0.1) is 18.7 Å². The molecule has 3 unspecified atom stereocenters. The van der Waals surface area contributed by atoms with Crippen molar-refractivity contribution in [2.75, 3.05) is 13.7 Å². The highest BCUT2D eigenvalue weighted by Gasteiger charge is 2.34. The molecule has 0 radical (unpaired) electrons. The second-order valence-electron chi connectivity index (χ2n) is 8.03. The van der Waals surface area contributed by atoms with Crippen LogP contribution in [0.25, 0.3) is 0 Å². The van der Waals surface area contributed by atoms with E-state index in [1.807, 2.05) is 6.07 Å². The minimum Gasteiger partial charge on any atom is -0.493 e. The van der Waals surface area contributed by atoms with Gasteiger partial charge in [-0.05, 0) is 61.2 Å². The van der Waals surface area contributed by atoms with Crippen molar-refractivity contribution >= 4 is 11.9 Å². The molecule has 1 saturated carbocycles. The van der Waals surface area contributed by atoms with E-state index in [2.05, 4.69) is 5.32 Å². The summed E-state index contributed by atoms with van der Waals surface area (Å²) < 4.78 is 41.3. The van der Waals surface area contributed by atoms with Crippen molar-refractivity contribution in [1.29, 1.82) is 5.26 Å². The lowest BCUT2D eigenvalue weighted by Gasteiger charge is -2.36. The van der Waals surface area contributed by atoms with E-state index in [0.717, 1.165) is 5.56 Å². The Labute approximate surface area is 196 Å². The van der Waals surface area contributed by atoms with Gasteiger partial charge in [-0.3, -0.25) is 9.59 Å². The molecule has 0 aromatic heterocycles. The number of ether oxygens (including phenoxy) is 3. The summed E-state index contributed by atoms with van der Waals surface area (Å²) in [4.78, 5) is 24.4. The fraction of sp³-hybridized carbons (Fsp3) is 0.400. The van der Waals surface area contributed by atoms with E-state index in [9.17, 15) is 18.4 Å². The van der Waals surface area contributed by atoms with Gasteiger partial charge < -0.3 is 19.5 Å². The Kier molecular flexibility index (Phi) is 8.41. The zero-order chi connectivity index (χ0) is 24.7. The lowest BCUT2D eigenvalue weighted by Crippen LogP contribution is -2.44. The van der Waals surface area contributed by atoms with Crippen LogP contribution < -0.4 is 14.8 Å². The minimum atomic E-state index is -2.64. The van der Waals surface area contributed by atoms with Crippen molar-refractivity contribution < 1.29 is 32.6 Å². The maximum Gasteiger partial charge on any atom is 0.302 e. The van der Waals surface area contributed by atoms with Gasteiger partial charge in [0, 0.05) is 24.4 Å². The van der Waals surface area contributed by atoms with Crippen LogP contribution in [-0.4, -0.2) is 44.2 Å². The Morgan fingerprint density at radius 2 is 1.88 bits per heavy atom. The number of hydrogen-bond acceptors (Lipinski definition) is 6. The topological polar surface area (TPSA) is 97.6 Å². The van der Waals surface area contributed by atoms with Gasteiger partial charge in [-0.1, -0.05) is 6.07 Å². The van der Waals surface area contributed by atoms with Gasteiger partial charge in [-0.15, -0.1) is 0 Å². The van der Waals surface area contributed by atoms with Gasteiger partial charge in [0.15, 0.2) is 11.5 Å². The van der Waals surface area contributed by atoms with Crippen molar-refractivity contribution in [3.05, 3.63) is 59.2 Å². The molecule has 0 bridgehead atoms. The lowest BCUT2D eigenvalue weighted by atomic mass is 9.78. The maximum atomic E-state index is 12.9. The molecule has 3 atom stereocenters. The molecule has 0 heterocycles. The number of halogens is 2. The fourth-order valence-corrected chi connectivity index (χ4v) is 4.15. The predicted octanol–water partition coefficient (Wildman–Crippen LogP) is 4.21. The molecule has 7 nitrogen and oxygen atoms in total. The van der Waals surface area contributed by atoms with Crippen LogP contribution in [0.3, 0.4) is 0 Å². The standard InChI is InChI=1S/C25H26F2N2O5/c1-15(30)34-19-8-9-21(29-25(31)17-5-3-16(13-28)4-6-17)20(12-19)18-7-10-22(32-2)23(11-18)33-14-24(26)27/h3-7,10-11,19-21,24H,8-9,12,14H2,1-2H3,(H,29,31). The molecule has 1 amide bonds. The number of methoxy groups -OCH3 is 1. The second kappa shape index (κ2) is 11.5. The smallest absolute Gasteiger partial charge is 0.302 e. The Morgan fingerprint density at radius 1 is 1.15 bits per heavy atom. The Hall–Kier alpha value is -3.67. The van der Waals surface area contributed by atoms with Gasteiger partial charge in [0.1, 0.15) is 12.7 Å². The van der Waals surface area contributed by atoms with Crippen LogP contribution >= 0.6 is 0 Å². The summed E-state index contributed by atoms with van der Waals surface area (Å²) in [6.45, 7) is 0.566. The maximum absolute atomic E-state index is 12.9. The molecule has 34 heavy (non-hydrogen) atoms. The van der Waals surface area contributed by atoms with Crippen LogP contribution in [-0.2, 0) is 9.53 Å². The SMILES string of the molecule is COc1ccc(C2CC(OC(C)=O)CCC2NC(=O)c2ccc(C#N)cc2)cc1OCC(F)F. The van der Waals surface area contributed by atoms with Crippen LogP contribution in [0.4, 0.5) is 8.78 Å². The molecule has 1 N–H and O–H groups in total. The molecule has 9 heteroatoms. The Bertz CT molecular complexity index is 1050. The first kappa shape index (κ1) is 25.0. The predicted molar refractivity (Wildman–Crippen MR) is 119 cm³/mol.